The Balaban J connectivity index is 2.02. The quantitative estimate of drug-likeness (QED) is 0.749. The molecule has 1 unspecified atom stereocenters. The van der Waals surface area contributed by atoms with Crippen molar-refractivity contribution in [2.75, 3.05) is 6.61 Å². The third kappa shape index (κ3) is 4.37. The number of rotatable bonds is 6. The average molecular weight is 325 g/mol. The first kappa shape index (κ1) is 17.1. The Hall–Kier alpha value is -1.26. The minimum atomic E-state index is -0.286. The molecule has 1 aliphatic carbocycles. The van der Waals surface area contributed by atoms with E-state index >= 15 is 0 Å². The van der Waals surface area contributed by atoms with Crippen molar-refractivity contribution in [2.45, 2.75) is 57.0 Å². The lowest BCUT2D eigenvalue weighted by Gasteiger charge is -2.32. The summed E-state index contributed by atoms with van der Waals surface area (Å²) in [6.07, 6.45) is 5.60. The fourth-order valence-electron chi connectivity index (χ4n) is 3.18. The molecule has 2 rings (SSSR count). The van der Waals surface area contributed by atoms with E-state index in [4.69, 9.17) is 16.7 Å². The standard InChI is InChI=1S/C17H25ClN2O2/c1-13(5-4-12-21)19-16(22)20-17(10-2-3-11-17)14-6-8-15(18)9-7-14/h6-9,13,21H,2-5,10-12H2,1H3,(H2,19,20,22). The van der Waals surface area contributed by atoms with Gasteiger partial charge in [-0.2, -0.15) is 0 Å². The number of hydrogen-bond acceptors (Lipinski definition) is 2. The largest absolute Gasteiger partial charge is 0.396 e. The van der Waals surface area contributed by atoms with Crippen LogP contribution in [0.5, 0.6) is 0 Å². The lowest BCUT2D eigenvalue weighted by molar-refractivity contribution is 0.219. The van der Waals surface area contributed by atoms with Gasteiger partial charge in [-0.25, -0.2) is 4.79 Å². The predicted molar refractivity (Wildman–Crippen MR) is 89.0 cm³/mol. The number of amides is 2. The van der Waals surface area contributed by atoms with Gasteiger partial charge in [0.25, 0.3) is 0 Å². The van der Waals surface area contributed by atoms with E-state index in [1.54, 1.807) is 0 Å². The zero-order valence-corrected chi connectivity index (χ0v) is 13.8. The molecule has 22 heavy (non-hydrogen) atoms. The van der Waals surface area contributed by atoms with Crippen molar-refractivity contribution in [3.63, 3.8) is 0 Å². The monoisotopic (exact) mass is 324 g/mol. The summed E-state index contributed by atoms with van der Waals surface area (Å²) in [5, 5.41) is 15.7. The van der Waals surface area contributed by atoms with Gasteiger partial charge in [-0.1, -0.05) is 36.6 Å². The van der Waals surface area contributed by atoms with Crippen molar-refractivity contribution in [1.29, 1.82) is 0 Å². The van der Waals surface area contributed by atoms with Crippen LogP contribution in [0.2, 0.25) is 5.02 Å². The minimum absolute atomic E-state index is 0.0517. The summed E-state index contributed by atoms with van der Waals surface area (Å²) in [7, 11) is 0. The van der Waals surface area contributed by atoms with Gasteiger partial charge in [0.05, 0.1) is 5.54 Å². The van der Waals surface area contributed by atoms with E-state index in [0.717, 1.165) is 37.7 Å². The number of carbonyl (C=O) groups excluding carboxylic acids is 1. The van der Waals surface area contributed by atoms with Gasteiger partial charge in [0.2, 0.25) is 0 Å². The van der Waals surface area contributed by atoms with E-state index in [1.807, 2.05) is 31.2 Å². The summed E-state index contributed by atoms with van der Waals surface area (Å²) in [5.74, 6) is 0. The summed E-state index contributed by atoms with van der Waals surface area (Å²) < 4.78 is 0. The lowest BCUT2D eigenvalue weighted by Crippen LogP contribution is -2.50. The van der Waals surface area contributed by atoms with Crippen molar-refractivity contribution >= 4 is 17.6 Å². The van der Waals surface area contributed by atoms with Crippen LogP contribution in [0.15, 0.2) is 24.3 Å². The molecule has 122 valence electrons. The number of aliphatic hydroxyl groups excluding tert-OH is 1. The second kappa shape index (κ2) is 7.84. The molecule has 2 amide bonds. The van der Waals surface area contributed by atoms with Gasteiger partial charge in [-0.15, -0.1) is 0 Å². The second-order valence-electron chi connectivity index (χ2n) is 6.16. The van der Waals surface area contributed by atoms with E-state index in [0.29, 0.717) is 11.4 Å². The van der Waals surface area contributed by atoms with Gasteiger partial charge < -0.3 is 15.7 Å². The van der Waals surface area contributed by atoms with E-state index in [2.05, 4.69) is 10.6 Å². The Morgan fingerprint density at radius 3 is 2.55 bits per heavy atom. The molecule has 1 aliphatic rings. The number of carbonyl (C=O) groups is 1. The van der Waals surface area contributed by atoms with Crippen LogP contribution in [0, 0.1) is 0 Å². The normalized spacial score (nSPS) is 18.0. The number of hydrogen-bond donors (Lipinski definition) is 3. The minimum Gasteiger partial charge on any atom is -0.396 e. The molecule has 5 heteroatoms. The molecular formula is C17H25ClN2O2. The number of nitrogens with one attached hydrogen (secondary N) is 2. The number of aliphatic hydroxyl groups is 1. The molecule has 4 nitrogen and oxygen atoms in total. The molecule has 0 radical (unpaired) electrons. The van der Waals surface area contributed by atoms with E-state index in [9.17, 15) is 4.79 Å². The molecule has 0 heterocycles. The van der Waals surface area contributed by atoms with Gasteiger partial charge in [0.1, 0.15) is 0 Å². The molecule has 1 atom stereocenters. The summed E-state index contributed by atoms with van der Waals surface area (Å²) in [5.41, 5.74) is 0.832. The second-order valence-corrected chi connectivity index (χ2v) is 6.60. The van der Waals surface area contributed by atoms with E-state index < -0.39 is 0 Å². The van der Waals surface area contributed by atoms with Gasteiger partial charge in [0, 0.05) is 17.7 Å². The number of benzene rings is 1. The SMILES string of the molecule is CC(CCCO)NC(=O)NC1(c2ccc(Cl)cc2)CCCC1. The summed E-state index contributed by atoms with van der Waals surface area (Å²) in [6.45, 7) is 2.11. The van der Waals surface area contributed by atoms with Crippen LogP contribution in [-0.4, -0.2) is 23.8 Å². The summed E-state index contributed by atoms with van der Waals surface area (Å²) in [6, 6.07) is 7.67. The highest BCUT2D eigenvalue weighted by atomic mass is 35.5. The van der Waals surface area contributed by atoms with Crippen molar-refractivity contribution in [3.8, 4) is 0 Å². The molecule has 3 N–H and O–H groups in total. The van der Waals surface area contributed by atoms with Gasteiger partial charge in [-0.3, -0.25) is 0 Å². The van der Waals surface area contributed by atoms with Gasteiger partial charge in [-0.05, 0) is 50.3 Å². The molecule has 0 spiro atoms. The first-order valence-electron chi connectivity index (χ1n) is 8.01. The molecule has 0 bridgehead atoms. The predicted octanol–water partition coefficient (Wildman–Crippen LogP) is 3.57. The van der Waals surface area contributed by atoms with Gasteiger partial charge >= 0.3 is 6.03 Å². The first-order chi connectivity index (χ1) is 10.6. The van der Waals surface area contributed by atoms with Crippen LogP contribution < -0.4 is 10.6 Å². The molecule has 1 saturated carbocycles. The molecule has 0 saturated heterocycles. The highest BCUT2D eigenvalue weighted by Crippen LogP contribution is 2.39. The van der Waals surface area contributed by atoms with Crippen LogP contribution >= 0.6 is 11.6 Å². The Kier molecular flexibility index (Phi) is 6.09. The number of urea groups is 1. The third-order valence-electron chi connectivity index (χ3n) is 4.38. The Bertz CT molecular complexity index is 484. The van der Waals surface area contributed by atoms with Gasteiger partial charge in [0.15, 0.2) is 0 Å². The average Bonchev–Trinajstić information content (AvgIpc) is 2.95. The maximum absolute atomic E-state index is 12.3. The Morgan fingerprint density at radius 2 is 1.95 bits per heavy atom. The molecule has 0 aromatic heterocycles. The van der Waals surface area contributed by atoms with Crippen LogP contribution in [0.25, 0.3) is 0 Å². The number of halogens is 1. The lowest BCUT2D eigenvalue weighted by atomic mass is 9.88. The zero-order valence-electron chi connectivity index (χ0n) is 13.1. The highest BCUT2D eigenvalue weighted by Gasteiger charge is 2.37. The van der Waals surface area contributed by atoms with Crippen LogP contribution in [0.3, 0.4) is 0 Å². The summed E-state index contributed by atoms with van der Waals surface area (Å²) in [4.78, 5) is 12.3. The molecule has 1 fully saturated rings. The molecule has 1 aromatic rings. The van der Waals surface area contributed by atoms with Crippen molar-refractivity contribution in [2.24, 2.45) is 0 Å². The zero-order chi connectivity index (χ0) is 16.0. The van der Waals surface area contributed by atoms with Crippen molar-refractivity contribution < 1.29 is 9.90 Å². The maximum Gasteiger partial charge on any atom is 0.315 e. The Morgan fingerprint density at radius 1 is 1.32 bits per heavy atom. The van der Waals surface area contributed by atoms with Crippen LogP contribution in [0.4, 0.5) is 4.79 Å². The van der Waals surface area contributed by atoms with Crippen LogP contribution in [0.1, 0.15) is 51.0 Å². The maximum atomic E-state index is 12.3. The third-order valence-corrected chi connectivity index (χ3v) is 4.63. The molecular weight excluding hydrogens is 300 g/mol. The van der Waals surface area contributed by atoms with E-state index in [-0.39, 0.29) is 24.2 Å². The fraction of sp³-hybridized carbons (Fsp3) is 0.588. The van der Waals surface area contributed by atoms with Crippen molar-refractivity contribution in [3.05, 3.63) is 34.9 Å². The van der Waals surface area contributed by atoms with Crippen molar-refractivity contribution in [1.82, 2.24) is 10.6 Å². The van der Waals surface area contributed by atoms with Crippen LogP contribution in [-0.2, 0) is 5.54 Å². The molecule has 0 aliphatic heterocycles. The molecule has 1 aromatic carbocycles. The Labute approximate surface area is 137 Å². The topological polar surface area (TPSA) is 61.4 Å². The highest BCUT2D eigenvalue weighted by molar-refractivity contribution is 6.30. The summed E-state index contributed by atoms with van der Waals surface area (Å²) >= 11 is 5.97. The fourth-order valence-corrected chi connectivity index (χ4v) is 3.31. The smallest absolute Gasteiger partial charge is 0.315 e. The first-order valence-corrected chi connectivity index (χ1v) is 8.39. The van der Waals surface area contributed by atoms with E-state index in [1.165, 1.54) is 0 Å².